The number of ether oxygens (including phenoxy) is 1. The van der Waals surface area contributed by atoms with Crippen LogP contribution in [0.1, 0.15) is 51.7 Å². The summed E-state index contributed by atoms with van der Waals surface area (Å²) >= 11 is 1.91. The van der Waals surface area contributed by atoms with Crippen LogP contribution in [0, 0.1) is 5.92 Å². The average Bonchev–Trinajstić information content (AvgIpc) is 3.10. The molecule has 0 radical (unpaired) electrons. The summed E-state index contributed by atoms with van der Waals surface area (Å²) in [7, 11) is 0. The first-order valence-electron chi connectivity index (χ1n) is 17.2. The maximum absolute atomic E-state index is 13.9. The van der Waals surface area contributed by atoms with E-state index < -0.39 is 53.3 Å². The average molecular weight is 806 g/mol. The number of halogens is 1. The van der Waals surface area contributed by atoms with Gasteiger partial charge < -0.3 is 31.1 Å². The Kier molecular flexibility index (Phi) is 16.8. The van der Waals surface area contributed by atoms with E-state index in [1.807, 2.05) is 102 Å². The molecule has 13 heteroatoms. The van der Waals surface area contributed by atoms with Gasteiger partial charge in [-0.1, -0.05) is 97.1 Å². The Bertz CT molecular complexity index is 1400. The lowest BCUT2D eigenvalue weighted by molar-refractivity contribution is -0.138. The van der Waals surface area contributed by atoms with Crippen molar-refractivity contribution in [1.82, 2.24) is 26.2 Å². The lowest BCUT2D eigenvalue weighted by Crippen LogP contribution is -2.59. The number of morpholine rings is 1. The van der Waals surface area contributed by atoms with Crippen LogP contribution in [-0.2, 0) is 41.6 Å². The molecule has 12 nitrogen and oxygen atoms in total. The summed E-state index contributed by atoms with van der Waals surface area (Å²) in [6.45, 7) is 9.16. The van der Waals surface area contributed by atoms with Crippen molar-refractivity contribution >= 4 is 52.0 Å². The third kappa shape index (κ3) is 13.7. The fourth-order valence-corrected chi connectivity index (χ4v) is 6.02. The van der Waals surface area contributed by atoms with Crippen LogP contribution in [0.4, 0.5) is 0 Å². The van der Waals surface area contributed by atoms with Gasteiger partial charge in [0.25, 0.3) is 0 Å². The molecule has 2 aromatic carbocycles. The molecule has 1 aliphatic rings. The quantitative estimate of drug-likeness (QED) is 0.106. The summed E-state index contributed by atoms with van der Waals surface area (Å²) in [5.74, 6) is -2.51. The van der Waals surface area contributed by atoms with E-state index in [4.69, 9.17) is 4.74 Å². The number of nitrogens with one attached hydrogen (secondary N) is 4. The first-order chi connectivity index (χ1) is 23.8. The zero-order chi connectivity index (χ0) is 36.7. The molecule has 0 aromatic heterocycles. The number of Topliss-reactive ketones (excluding diaryl/α,β-unsaturated/α-hetero) is 1. The van der Waals surface area contributed by atoms with Crippen molar-refractivity contribution in [2.75, 3.05) is 37.3 Å². The van der Waals surface area contributed by atoms with Crippen molar-refractivity contribution < 1.29 is 33.8 Å². The largest absolute Gasteiger partial charge is 0.381 e. The van der Waals surface area contributed by atoms with E-state index in [0.29, 0.717) is 39.1 Å². The zero-order valence-corrected chi connectivity index (χ0v) is 31.6. The molecule has 1 heterocycles. The van der Waals surface area contributed by atoms with E-state index in [0.717, 1.165) is 11.1 Å². The first kappa shape index (κ1) is 41.0. The van der Waals surface area contributed by atoms with Crippen molar-refractivity contribution in [2.24, 2.45) is 5.92 Å². The summed E-state index contributed by atoms with van der Waals surface area (Å²) in [5, 5.41) is 21.7. The van der Waals surface area contributed by atoms with E-state index in [-0.39, 0.29) is 35.6 Å². The fraction of sp³-hybridized carbons (Fsp3) is 0.541. The van der Waals surface area contributed by atoms with E-state index in [9.17, 15) is 29.1 Å². The van der Waals surface area contributed by atoms with Crippen molar-refractivity contribution in [1.29, 1.82) is 0 Å². The third-order valence-corrected chi connectivity index (χ3v) is 9.97. The molecule has 0 saturated carbocycles. The molecule has 1 aliphatic heterocycles. The van der Waals surface area contributed by atoms with E-state index in [1.165, 1.54) is 13.8 Å². The number of hydrogen-bond acceptors (Lipinski definition) is 8. The molecule has 1 saturated heterocycles. The van der Waals surface area contributed by atoms with Gasteiger partial charge in [-0.15, -0.1) is 0 Å². The number of aryl methyl sites for hydroxylation is 1. The number of aliphatic hydroxyl groups is 1. The molecular weight excluding hydrogens is 753 g/mol. The Morgan fingerprint density at radius 2 is 1.34 bits per heavy atom. The van der Waals surface area contributed by atoms with Crippen LogP contribution >= 0.6 is 22.6 Å². The van der Waals surface area contributed by atoms with Gasteiger partial charge in [0.15, 0.2) is 5.78 Å². The van der Waals surface area contributed by atoms with Crippen molar-refractivity contribution in [3.8, 4) is 0 Å². The lowest BCUT2D eigenvalue weighted by atomic mass is 9.97. The molecule has 1 fully saturated rings. The topological polar surface area (TPSA) is 166 Å². The Morgan fingerprint density at radius 1 is 0.800 bits per heavy atom. The second-order valence-corrected chi connectivity index (χ2v) is 14.2. The third-order valence-electron chi connectivity index (χ3n) is 8.49. The Hall–Kier alpha value is -3.40. The Morgan fingerprint density at radius 3 is 1.92 bits per heavy atom. The normalized spacial score (nSPS) is 17.0. The number of rotatable bonds is 19. The van der Waals surface area contributed by atoms with Crippen LogP contribution in [0.25, 0.3) is 0 Å². The maximum atomic E-state index is 13.9. The molecule has 5 N–H and O–H groups in total. The predicted octanol–water partition coefficient (Wildman–Crippen LogP) is 1.95. The second kappa shape index (κ2) is 20.4. The molecule has 2 aromatic rings. The SMILES string of the molecule is CC(C)C[C@H](NC(=O)[C@H](CCc1ccccc1)NC(=O)CN1CCOCC1)C(=O)N[C@@H](Cc1ccccc1)C(=O)N[C@@H](C)C(=O)[C@](C)(O)CI. The molecule has 0 spiro atoms. The van der Waals surface area contributed by atoms with Crippen molar-refractivity contribution in [3.63, 3.8) is 0 Å². The van der Waals surface area contributed by atoms with Crippen LogP contribution in [-0.4, -0.2) is 106 Å². The molecule has 50 heavy (non-hydrogen) atoms. The van der Waals surface area contributed by atoms with Crippen LogP contribution in [0.3, 0.4) is 0 Å². The summed E-state index contributed by atoms with van der Waals surface area (Å²) < 4.78 is 5.53. The number of alkyl halides is 1. The van der Waals surface area contributed by atoms with Crippen molar-refractivity contribution in [2.45, 2.75) is 83.1 Å². The van der Waals surface area contributed by atoms with Gasteiger partial charge in [0.1, 0.15) is 23.7 Å². The smallest absolute Gasteiger partial charge is 0.243 e. The second-order valence-electron chi connectivity index (χ2n) is 13.5. The van der Waals surface area contributed by atoms with Gasteiger partial charge in [0.2, 0.25) is 23.6 Å². The molecule has 0 bridgehead atoms. The molecule has 5 atom stereocenters. The fourth-order valence-electron chi connectivity index (χ4n) is 5.65. The van der Waals surface area contributed by atoms with Crippen LogP contribution in [0.2, 0.25) is 0 Å². The summed E-state index contributed by atoms with van der Waals surface area (Å²) in [5.41, 5.74) is 0.151. The van der Waals surface area contributed by atoms with Gasteiger partial charge in [-0.2, -0.15) is 0 Å². The first-order valence-corrected chi connectivity index (χ1v) is 18.7. The Labute approximate surface area is 309 Å². The molecule has 0 aliphatic carbocycles. The lowest BCUT2D eigenvalue weighted by Gasteiger charge is -2.29. The van der Waals surface area contributed by atoms with Gasteiger partial charge in [-0.25, -0.2) is 0 Å². The van der Waals surface area contributed by atoms with E-state index >= 15 is 0 Å². The number of benzene rings is 2. The number of hydrogen-bond donors (Lipinski definition) is 5. The Balaban J connectivity index is 1.79. The van der Waals surface area contributed by atoms with Gasteiger partial charge in [0.05, 0.1) is 25.8 Å². The standard InChI is InChI=1S/C37H52IN5O7/c1-25(2)21-30(36(48)42-31(22-28-13-9-6-10-14-28)35(47)39-26(3)33(45)37(4,49)24-38)41-34(46)29(16-15-27-11-7-5-8-12-27)40-32(44)23-43-17-19-50-20-18-43/h5-14,25-26,29-31,49H,15-24H2,1-4H3,(H,39,47)(H,40,44)(H,41,46)(H,42,48)/t26-,29-,30-,31-,37+/m0/s1. The minimum atomic E-state index is -1.63. The maximum Gasteiger partial charge on any atom is 0.243 e. The van der Waals surface area contributed by atoms with Gasteiger partial charge in [-0.05, 0) is 50.2 Å². The highest BCUT2D eigenvalue weighted by molar-refractivity contribution is 14.1. The number of carbonyl (C=O) groups is 5. The van der Waals surface area contributed by atoms with Crippen LogP contribution in [0.5, 0.6) is 0 Å². The molecule has 274 valence electrons. The minimum absolute atomic E-state index is 0.000665. The number of carbonyl (C=O) groups excluding carboxylic acids is 5. The van der Waals surface area contributed by atoms with Gasteiger partial charge >= 0.3 is 0 Å². The molecular formula is C37H52IN5O7. The molecule has 0 unspecified atom stereocenters. The highest BCUT2D eigenvalue weighted by atomic mass is 127. The number of nitrogens with zero attached hydrogens (tertiary/aromatic N) is 1. The minimum Gasteiger partial charge on any atom is -0.381 e. The van der Waals surface area contributed by atoms with Crippen LogP contribution < -0.4 is 21.3 Å². The highest BCUT2D eigenvalue weighted by Gasteiger charge is 2.36. The zero-order valence-electron chi connectivity index (χ0n) is 29.5. The molecule has 3 rings (SSSR count). The summed E-state index contributed by atoms with van der Waals surface area (Å²) in [6, 6.07) is 14.7. The summed E-state index contributed by atoms with van der Waals surface area (Å²) in [4.78, 5) is 69.3. The van der Waals surface area contributed by atoms with Crippen molar-refractivity contribution in [3.05, 3.63) is 71.8 Å². The molecule has 4 amide bonds. The van der Waals surface area contributed by atoms with E-state index in [1.54, 1.807) is 0 Å². The monoisotopic (exact) mass is 805 g/mol. The number of ketones is 1. The van der Waals surface area contributed by atoms with Crippen LogP contribution in [0.15, 0.2) is 60.7 Å². The van der Waals surface area contributed by atoms with Gasteiger partial charge in [-0.3, -0.25) is 28.9 Å². The summed E-state index contributed by atoms with van der Waals surface area (Å²) in [6.07, 6.45) is 1.24. The van der Waals surface area contributed by atoms with E-state index in [2.05, 4.69) is 21.3 Å². The number of amides is 4. The predicted molar refractivity (Wildman–Crippen MR) is 200 cm³/mol. The highest BCUT2D eigenvalue weighted by Crippen LogP contribution is 2.14. The van der Waals surface area contributed by atoms with Gasteiger partial charge in [0, 0.05) is 23.9 Å².